The second-order valence-corrected chi connectivity index (χ2v) is 19.2. The Morgan fingerprint density at radius 2 is 1.06 bits per heavy atom. The van der Waals surface area contributed by atoms with Crippen molar-refractivity contribution in [2.45, 2.75) is 24.7 Å². The molecule has 0 aliphatic rings. The molecule has 62 heavy (non-hydrogen) atoms. The number of thioether (sulfide) groups is 1. The number of hydrogen-bond donors (Lipinski definition) is 2. The van der Waals surface area contributed by atoms with Gasteiger partial charge in [0.15, 0.2) is 0 Å². The van der Waals surface area contributed by atoms with Crippen LogP contribution in [0.2, 0.25) is 0 Å². The molecule has 0 aliphatic heterocycles. The van der Waals surface area contributed by atoms with Crippen LogP contribution in [0.3, 0.4) is 0 Å². The lowest BCUT2D eigenvalue weighted by Crippen LogP contribution is -2.09. The van der Waals surface area contributed by atoms with Crippen LogP contribution in [0.4, 0.5) is 17.1 Å². The highest BCUT2D eigenvalue weighted by Crippen LogP contribution is 2.39. The lowest BCUT2D eigenvalue weighted by atomic mass is 10.1. The molecule has 0 fully saturated rings. The minimum atomic E-state index is -1.23. The number of nitrogens with zero attached hydrogens (tertiary/aromatic N) is 3. The van der Waals surface area contributed by atoms with E-state index >= 15 is 0 Å². The van der Waals surface area contributed by atoms with Crippen LogP contribution >= 0.6 is 57.1 Å². The van der Waals surface area contributed by atoms with E-state index in [0.717, 1.165) is 73.0 Å². The van der Waals surface area contributed by atoms with Gasteiger partial charge in [-0.3, -0.25) is 4.79 Å². The topological polar surface area (TPSA) is 106 Å². The van der Waals surface area contributed by atoms with Crippen LogP contribution < -0.4 is 4.90 Å². The summed E-state index contributed by atoms with van der Waals surface area (Å²) in [5, 5.41) is 27.5. The first-order valence-corrected chi connectivity index (χ1v) is 23.6. The molecule has 4 aromatic heterocycles. The van der Waals surface area contributed by atoms with Crippen LogP contribution in [0, 0.1) is 17.9 Å². The fraction of sp³-hybridized carbons (Fsp3) is 0.0800. The first-order valence-electron chi connectivity index (χ1n) is 19.4. The zero-order valence-corrected chi connectivity index (χ0v) is 37.3. The zero-order chi connectivity index (χ0) is 43.4. The third-order valence-corrected chi connectivity index (χ3v) is 14.9. The van der Waals surface area contributed by atoms with E-state index in [1.807, 2.05) is 36.0 Å². The minimum absolute atomic E-state index is 0.286. The predicted octanol–water partition coefficient (Wildman–Crippen LogP) is 15.3. The maximum atomic E-state index is 11.3. The Hall–Kier alpha value is -6.51. The van der Waals surface area contributed by atoms with Gasteiger partial charge in [0.2, 0.25) is 0 Å². The van der Waals surface area contributed by atoms with Crippen molar-refractivity contribution in [3.63, 3.8) is 0 Å². The molecular formula is C50H37N3O4S5. The summed E-state index contributed by atoms with van der Waals surface area (Å²) in [6.45, 7) is 9.32. The Kier molecular flexibility index (Phi) is 14.6. The van der Waals surface area contributed by atoms with Gasteiger partial charge in [-0.15, -0.1) is 57.1 Å². The fourth-order valence-electron chi connectivity index (χ4n) is 6.13. The molecule has 0 radical (unpaired) electrons. The number of aliphatic carboxylic acids is 2. The van der Waals surface area contributed by atoms with Crippen molar-refractivity contribution in [1.29, 1.82) is 5.26 Å². The van der Waals surface area contributed by atoms with Crippen molar-refractivity contribution in [3.8, 4) is 25.6 Å². The van der Waals surface area contributed by atoms with Gasteiger partial charge in [0.05, 0.1) is 6.57 Å². The SMILES string of the molecule is [C-]#[N+]/C(=C\c1ccc(-c2ccc(/C=C/c3ccc(N(c4ccc(/C=C/c5ccc(-c6ccc(/C=C(\C#N)C(=O)O)s6)s5)cc4)c4ccc(SCCCC)cc4)cc3)s2)s1)C(=O)O. The molecule has 12 heteroatoms. The Morgan fingerprint density at radius 3 is 1.48 bits per heavy atom. The largest absolute Gasteiger partial charge is 0.486 e. The summed E-state index contributed by atoms with van der Waals surface area (Å²) in [5.74, 6) is -1.36. The number of carbonyl (C=O) groups is 2. The van der Waals surface area contributed by atoms with Gasteiger partial charge in [-0.2, -0.15) is 5.26 Å². The fourth-order valence-corrected chi connectivity index (χ4v) is 11.0. The van der Waals surface area contributed by atoms with E-state index in [-0.39, 0.29) is 11.3 Å². The monoisotopic (exact) mass is 903 g/mol. The molecule has 0 unspecified atom stereocenters. The van der Waals surface area contributed by atoms with E-state index in [2.05, 4.69) is 138 Å². The maximum Gasteiger partial charge on any atom is 0.346 e. The zero-order valence-electron chi connectivity index (χ0n) is 33.2. The van der Waals surface area contributed by atoms with Crippen LogP contribution in [-0.2, 0) is 9.59 Å². The summed E-state index contributed by atoms with van der Waals surface area (Å²) in [6.07, 6.45) is 13.6. The number of anilines is 3. The van der Waals surface area contributed by atoms with E-state index in [4.69, 9.17) is 11.8 Å². The predicted molar refractivity (Wildman–Crippen MR) is 263 cm³/mol. The van der Waals surface area contributed by atoms with Crippen molar-refractivity contribution >= 4 is 123 Å². The van der Waals surface area contributed by atoms with Crippen LogP contribution in [0.15, 0.2) is 137 Å². The second kappa shape index (κ2) is 20.8. The molecule has 0 saturated heterocycles. The minimum Gasteiger partial charge on any atom is -0.486 e. The number of hydrogen-bond acceptors (Lipinski definition) is 9. The first-order chi connectivity index (χ1) is 30.2. The molecule has 2 N–H and O–H groups in total. The number of nitriles is 1. The van der Waals surface area contributed by atoms with Gasteiger partial charge in [-0.1, -0.05) is 49.8 Å². The molecule has 306 valence electrons. The summed E-state index contributed by atoms with van der Waals surface area (Å²) in [5.41, 5.74) is 4.67. The van der Waals surface area contributed by atoms with Gasteiger partial charge >= 0.3 is 11.9 Å². The highest BCUT2D eigenvalue weighted by molar-refractivity contribution is 7.99. The lowest BCUT2D eigenvalue weighted by molar-refractivity contribution is -0.133. The van der Waals surface area contributed by atoms with Crippen molar-refractivity contribution in [2.75, 3.05) is 10.7 Å². The van der Waals surface area contributed by atoms with Gasteiger partial charge in [0.25, 0.3) is 5.70 Å². The summed E-state index contributed by atoms with van der Waals surface area (Å²) < 4.78 is 0. The van der Waals surface area contributed by atoms with Crippen molar-refractivity contribution in [2.24, 2.45) is 0 Å². The molecule has 7 nitrogen and oxygen atoms in total. The molecule has 3 aromatic carbocycles. The Morgan fingerprint density at radius 1 is 0.629 bits per heavy atom. The number of unbranched alkanes of at least 4 members (excludes halogenated alkanes) is 1. The summed E-state index contributed by atoms with van der Waals surface area (Å²) in [7, 11) is 0. The molecule has 0 bridgehead atoms. The van der Waals surface area contributed by atoms with Crippen molar-refractivity contribution in [3.05, 3.63) is 175 Å². The molecule has 7 rings (SSSR count). The number of rotatable bonds is 17. The maximum absolute atomic E-state index is 11.3. The van der Waals surface area contributed by atoms with Crippen LogP contribution in [0.25, 0.3) is 60.8 Å². The highest BCUT2D eigenvalue weighted by atomic mass is 32.2. The smallest absolute Gasteiger partial charge is 0.346 e. The summed E-state index contributed by atoms with van der Waals surface area (Å²) in [4.78, 5) is 37.0. The Bertz CT molecular complexity index is 2720. The molecule has 0 amide bonds. The van der Waals surface area contributed by atoms with E-state index in [1.54, 1.807) is 28.7 Å². The van der Waals surface area contributed by atoms with Gasteiger partial charge in [0, 0.05) is 61.0 Å². The average Bonchev–Trinajstić information content (AvgIpc) is 4.13. The lowest BCUT2D eigenvalue weighted by Gasteiger charge is -2.26. The van der Waals surface area contributed by atoms with E-state index < -0.39 is 11.9 Å². The summed E-state index contributed by atoms with van der Waals surface area (Å²) >= 11 is 8.10. The second-order valence-electron chi connectivity index (χ2n) is 13.6. The Balaban J connectivity index is 1.07. The molecule has 0 aliphatic carbocycles. The van der Waals surface area contributed by atoms with Gasteiger partial charge in [-0.05, 0) is 145 Å². The molecule has 0 atom stereocenters. The third-order valence-electron chi connectivity index (χ3n) is 9.29. The van der Waals surface area contributed by atoms with E-state index in [0.29, 0.717) is 0 Å². The molecule has 7 aromatic rings. The highest BCUT2D eigenvalue weighted by Gasteiger charge is 2.14. The van der Waals surface area contributed by atoms with Gasteiger partial charge in [0.1, 0.15) is 11.6 Å². The quantitative estimate of drug-likeness (QED) is 0.0308. The average molecular weight is 904 g/mol. The number of benzene rings is 3. The molecular weight excluding hydrogens is 867 g/mol. The standard InChI is InChI=1S/C50H37N3O4S5/c1-3-4-29-58-39-19-15-38(16-20-39)53(36-11-5-33(6-12-36)9-17-40-21-25-45(59-40)47-27-23-42(61-47)30-35(32-51)49(54)55)37-13-7-34(8-14-37)10-18-41-22-26-46(60-41)48-28-24-43(62-48)31-44(52-2)50(56)57/h5-28,30-31H,3-4,29H2,1H3,(H,54,55)(H,56,57)/b17-9+,18-10+,35-30+,44-31-. The van der Waals surface area contributed by atoms with Crippen molar-refractivity contribution in [1.82, 2.24) is 0 Å². The van der Waals surface area contributed by atoms with E-state index in [9.17, 15) is 19.8 Å². The third kappa shape index (κ3) is 11.2. The van der Waals surface area contributed by atoms with Crippen LogP contribution in [0.1, 0.15) is 50.4 Å². The number of thiophene rings is 4. The van der Waals surface area contributed by atoms with Crippen molar-refractivity contribution < 1.29 is 19.8 Å². The van der Waals surface area contributed by atoms with Crippen LogP contribution in [0.5, 0.6) is 0 Å². The molecule has 0 saturated carbocycles. The Labute approximate surface area is 380 Å². The van der Waals surface area contributed by atoms with Gasteiger partial charge < -0.3 is 15.1 Å². The number of carboxylic acid groups (broad SMARTS) is 2. The normalized spacial score (nSPS) is 11.9. The van der Waals surface area contributed by atoms with Crippen LogP contribution in [-0.4, -0.2) is 27.9 Å². The number of carboxylic acids is 2. The molecule has 0 spiro atoms. The molecule has 4 heterocycles. The van der Waals surface area contributed by atoms with E-state index in [1.165, 1.54) is 52.6 Å². The summed E-state index contributed by atoms with van der Waals surface area (Å²) in [6, 6.07) is 43.4. The van der Waals surface area contributed by atoms with Gasteiger partial charge in [-0.25, -0.2) is 9.64 Å². The first kappa shape index (κ1) is 43.6.